The van der Waals surface area contributed by atoms with Crippen LogP contribution >= 0.6 is 0 Å². The van der Waals surface area contributed by atoms with Gasteiger partial charge < -0.3 is 14.6 Å². The molecular formula is C72H82BN2O. The summed E-state index contributed by atoms with van der Waals surface area (Å²) in [7, 11) is 2.56. The molecule has 0 saturated heterocycles. The zero-order chi connectivity index (χ0) is 53.7. The van der Waals surface area contributed by atoms with Crippen molar-refractivity contribution >= 4 is 79.4 Å². The van der Waals surface area contributed by atoms with E-state index in [1.165, 1.54) is 107 Å². The van der Waals surface area contributed by atoms with Gasteiger partial charge in [-0.05, 0) is 222 Å². The van der Waals surface area contributed by atoms with Crippen LogP contribution in [0.3, 0.4) is 0 Å². The summed E-state index contributed by atoms with van der Waals surface area (Å²) in [5, 5.41) is 8.96. The topological polar surface area (TPSA) is 28.4 Å². The fourth-order valence-electron chi connectivity index (χ4n) is 15.2. The van der Waals surface area contributed by atoms with Crippen molar-refractivity contribution in [3.63, 3.8) is 0 Å². The number of anilines is 5. The maximum absolute atomic E-state index is 7.58. The Balaban J connectivity index is 1.13. The van der Waals surface area contributed by atoms with Crippen molar-refractivity contribution in [3.05, 3.63) is 148 Å². The molecule has 4 heteroatoms. The van der Waals surface area contributed by atoms with E-state index in [1.54, 1.807) is 0 Å². The summed E-state index contributed by atoms with van der Waals surface area (Å²) in [6.45, 7) is 39.2. The predicted octanol–water partition coefficient (Wildman–Crippen LogP) is 19.0. The number of nitrogens with one attached hydrogen (secondary N) is 1. The lowest BCUT2D eigenvalue weighted by Crippen LogP contribution is -2.44. The van der Waals surface area contributed by atoms with Crippen LogP contribution in [0, 0.1) is 0 Å². The lowest BCUT2D eigenvalue weighted by atomic mass is 9.54. The largest absolute Gasteiger partial charge is 0.455 e. The highest BCUT2D eigenvalue weighted by Gasteiger charge is 2.44. The summed E-state index contributed by atoms with van der Waals surface area (Å²) >= 11 is 0. The fourth-order valence-corrected chi connectivity index (χ4v) is 15.2. The summed E-state index contributed by atoms with van der Waals surface area (Å²) in [4.78, 5) is 2.66. The third-order valence-corrected chi connectivity index (χ3v) is 20.9. The van der Waals surface area contributed by atoms with Gasteiger partial charge in [0, 0.05) is 39.1 Å². The first-order valence-corrected chi connectivity index (χ1v) is 29.1. The molecule has 0 bridgehead atoms. The predicted molar refractivity (Wildman–Crippen MR) is 327 cm³/mol. The monoisotopic (exact) mass is 1000 g/mol. The van der Waals surface area contributed by atoms with Gasteiger partial charge in [0.25, 0.3) is 0 Å². The highest BCUT2D eigenvalue weighted by atomic mass is 16.3. The minimum Gasteiger partial charge on any atom is -0.455 e. The number of benzene rings is 7. The molecule has 1 aliphatic heterocycles. The molecule has 4 aliphatic carbocycles. The van der Waals surface area contributed by atoms with Gasteiger partial charge >= 0.3 is 0 Å². The number of nitrogens with zero attached hydrogens (tertiary/aromatic N) is 1. The van der Waals surface area contributed by atoms with Crippen molar-refractivity contribution in [1.29, 1.82) is 0 Å². The average Bonchev–Trinajstić information content (AvgIpc) is 3.74. The summed E-state index contributed by atoms with van der Waals surface area (Å²) in [6, 6.07) is 41.2. The Kier molecular flexibility index (Phi) is 10.5. The Bertz CT molecular complexity index is 3790. The molecule has 8 aromatic rings. The molecule has 13 rings (SSSR count). The molecule has 1 N–H and O–H groups in total. The molecule has 1 aromatic heterocycles. The molecule has 7 aromatic carbocycles. The van der Waals surface area contributed by atoms with Gasteiger partial charge in [0.1, 0.15) is 11.2 Å². The van der Waals surface area contributed by atoms with Gasteiger partial charge in [0.2, 0.25) is 0 Å². The van der Waals surface area contributed by atoms with Crippen molar-refractivity contribution in [2.45, 2.75) is 205 Å². The van der Waals surface area contributed by atoms with Crippen LogP contribution in [0.15, 0.2) is 108 Å². The molecule has 0 atom stereocenters. The summed E-state index contributed by atoms with van der Waals surface area (Å²) in [6.07, 6.45) is 9.34. The number of hydrogen-bond acceptors (Lipinski definition) is 3. The van der Waals surface area contributed by atoms with Gasteiger partial charge in [-0.15, -0.1) is 0 Å². The van der Waals surface area contributed by atoms with Crippen LogP contribution in [-0.2, 0) is 43.3 Å². The summed E-state index contributed by atoms with van der Waals surface area (Å²) in [5.74, 6) is 0. The number of hydrogen-bond donors (Lipinski definition) is 1. The average molecular weight is 1000 g/mol. The van der Waals surface area contributed by atoms with E-state index in [-0.39, 0.29) is 43.3 Å². The first-order valence-electron chi connectivity index (χ1n) is 29.1. The molecule has 1 radical (unpaired) electrons. The highest BCUT2D eigenvalue weighted by molar-refractivity contribution is 6.74. The van der Waals surface area contributed by atoms with Gasteiger partial charge in [0.05, 0.1) is 5.69 Å². The molecule has 0 unspecified atom stereocenters. The molecule has 76 heavy (non-hydrogen) atoms. The van der Waals surface area contributed by atoms with E-state index >= 15 is 0 Å². The van der Waals surface area contributed by atoms with E-state index < -0.39 is 0 Å². The minimum absolute atomic E-state index is 0.0460. The van der Waals surface area contributed by atoms with Crippen LogP contribution in [0.4, 0.5) is 28.4 Å². The SMILES string of the molecule is CC1(C)CCC(C)(C)c2cc(Nc3ccc4c(oc5cc6c(cc54)C(C)(C)CCC6(C)C)c3-c3c4c(cc5ccccc35)N(c3ccc5c(c3)C(C)(C)CCC5(C)C)c3cc5c(cc3[B]4)C(C)(C)CCC5(C)C)ccc21. The molecular weight excluding hydrogens is 920 g/mol. The summed E-state index contributed by atoms with van der Waals surface area (Å²) < 4.78 is 7.58. The van der Waals surface area contributed by atoms with Gasteiger partial charge in [-0.1, -0.05) is 159 Å². The Morgan fingerprint density at radius 3 is 1.51 bits per heavy atom. The Hall–Kier alpha value is -5.74. The second-order valence-corrected chi connectivity index (χ2v) is 29.9. The van der Waals surface area contributed by atoms with E-state index in [1.807, 2.05) is 0 Å². The quantitative estimate of drug-likeness (QED) is 0.178. The molecule has 0 fully saturated rings. The fraction of sp³-hybridized carbons (Fsp3) is 0.444. The maximum atomic E-state index is 7.58. The zero-order valence-corrected chi connectivity index (χ0v) is 48.9. The first-order chi connectivity index (χ1) is 35.6. The third kappa shape index (κ3) is 7.40. The van der Waals surface area contributed by atoms with Crippen LogP contribution < -0.4 is 21.1 Å². The van der Waals surface area contributed by atoms with Gasteiger partial charge in [0.15, 0.2) is 7.28 Å². The van der Waals surface area contributed by atoms with Crippen molar-refractivity contribution in [1.82, 2.24) is 0 Å². The smallest absolute Gasteiger partial charge is 0.197 e. The number of rotatable bonds is 4. The minimum atomic E-state index is 0.0460. The van der Waals surface area contributed by atoms with E-state index in [0.29, 0.717) is 0 Å². The normalized spacial score (nSPS) is 21.4. The lowest BCUT2D eigenvalue weighted by Gasteiger charge is -2.45. The zero-order valence-electron chi connectivity index (χ0n) is 48.9. The van der Waals surface area contributed by atoms with Crippen molar-refractivity contribution < 1.29 is 4.42 Å². The second kappa shape index (κ2) is 15.9. The summed E-state index contributed by atoms with van der Waals surface area (Å²) in [5.41, 5.74) is 24.9. The molecule has 5 aliphatic rings. The van der Waals surface area contributed by atoms with Crippen LogP contribution in [0.25, 0.3) is 43.8 Å². The number of fused-ring (bicyclic) bond motifs is 10. The van der Waals surface area contributed by atoms with Crippen LogP contribution in [-0.4, -0.2) is 7.28 Å². The molecule has 389 valence electrons. The van der Waals surface area contributed by atoms with Gasteiger partial charge in [-0.2, -0.15) is 0 Å². The van der Waals surface area contributed by atoms with E-state index in [4.69, 9.17) is 4.42 Å². The third-order valence-electron chi connectivity index (χ3n) is 20.9. The lowest BCUT2D eigenvalue weighted by molar-refractivity contribution is 0.332. The second-order valence-electron chi connectivity index (χ2n) is 29.9. The number of furan rings is 1. The molecule has 2 heterocycles. The first kappa shape index (κ1) is 49.8. The molecule has 0 amide bonds. The Morgan fingerprint density at radius 1 is 0.408 bits per heavy atom. The van der Waals surface area contributed by atoms with Gasteiger partial charge in [-0.3, -0.25) is 0 Å². The van der Waals surface area contributed by atoms with Crippen LogP contribution in [0.1, 0.15) is 207 Å². The van der Waals surface area contributed by atoms with Crippen molar-refractivity contribution in [2.24, 2.45) is 0 Å². The Labute approximate surface area is 455 Å². The van der Waals surface area contributed by atoms with E-state index in [0.717, 1.165) is 72.0 Å². The molecule has 0 spiro atoms. The highest BCUT2D eigenvalue weighted by Crippen LogP contribution is 2.55. The molecule has 0 saturated carbocycles. The van der Waals surface area contributed by atoms with Crippen LogP contribution in [0.2, 0.25) is 0 Å². The van der Waals surface area contributed by atoms with Gasteiger partial charge in [-0.25, -0.2) is 0 Å². The van der Waals surface area contributed by atoms with Crippen molar-refractivity contribution in [2.75, 3.05) is 10.2 Å². The Morgan fingerprint density at radius 2 is 0.908 bits per heavy atom. The maximum Gasteiger partial charge on any atom is 0.197 e. The van der Waals surface area contributed by atoms with Crippen molar-refractivity contribution in [3.8, 4) is 11.1 Å². The van der Waals surface area contributed by atoms with E-state index in [9.17, 15) is 0 Å². The molecule has 3 nitrogen and oxygen atoms in total. The standard InChI is InChI=1S/C72H82BN2O/c1-65(2)27-29-67(5,6)50-36-43(21-24-48(50)65)74-57-26-23-46-47-38-52-55(72(15,16)34-31-69(52,9)10)41-60(47)76-64(46)62(57)61-45-20-18-17-19-42(45)35-59-63(61)73-56-39-53-54(71(13,14)33-32-70(53,11)12)40-58(56)75(59)44-22-25-49-51(37-44)68(7,8)30-28-66(49,3)4/h17-26,35-41,74H,27-34H2,1-16H3. The van der Waals surface area contributed by atoms with Crippen LogP contribution in [0.5, 0.6) is 0 Å². The van der Waals surface area contributed by atoms with E-state index in [2.05, 4.69) is 231 Å².